The highest BCUT2D eigenvalue weighted by Gasteiger charge is 2.24. The Labute approximate surface area is 127 Å². The van der Waals surface area contributed by atoms with E-state index in [2.05, 4.69) is 44.2 Å². The van der Waals surface area contributed by atoms with E-state index in [1.165, 1.54) is 23.3 Å². The van der Waals surface area contributed by atoms with E-state index < -0.39 is 5.60 Å². The molecule has 2 aromatic carbocycles. The Morgan fingerprint density at radius 3 is 2.38 bits per heavy atom. The highest BCUT2D eigenvalue weighted by atomic mass is 16.6. The van der Waals surface area contributed by atoms with Gasteiger partial charge in [-0.05, 0) is 54.2 Å². The fourth-order valence-corrected chi connectivity index (χ4v) is 2.60. The van der Waals surface area contributed by atoms with Gasteiger partial charge in [0.2, 0.25) is 0 Å². The van der Waals surface area contributed by atoms with E-state index in [0.29, 0.717) is 5.92 Å². The number of carbonyl (C=O) groups is 1. The minimum absolute atomic E-state index is 0.257. The molecule has 0 aliphatic rings. The lowest BCUT2D eigenvalue weighted by Gasteiger charge is -2.25. The van der Waals surface area contributed by atoms with E-state index in [1.54, 1.807) is 0 Å². The summed E-state index contributed by atoms with van der Waals surface area (Å²) in [5, 5.41) is 2.41. The van der Waals surface area contributed by atoms with Gasteiger partial charge in [0.05, 0.1) is 0 Å². The van der Waals surface area contributed by atoms with Crippen LogP contribution in [-0.4, -0.2) is 5.97 Å². The van der Waals surface area contributed by atoms with E-state index in [1.807, 2.05) is 19.9 Å². The van der Waals surface area contributed by atoms with Gasteiger partial charge in [-0.1, -0.05) is 44.2 Å². The van der Waals surface area contributed by atoms with Crippen LogP contribution in [0.2, 0.25) is 0 Å². The molecule has 0 saturated carbocycles. The van der Waals surface area contributed by atoms with Crippen molar-refractivity contribution in [3.63, 3.8) is 0 Å². The van der Waals surface area contributed by atoms with E-state index >= 15 is 0 Å². The number of benzene rings is 2. The van der Waals surface area contributed by atoms with Crippen molar-refractivity contribution >= 4 is 16.7 Å². The van der Waals surface area contributed by atoms with Crippen molar-refractivity contribution in [2.75, 3.05) is 0 Å². The van der Waals surface area contributed by atoms with Gasteiger partial charge in [-0.2, -0.15) is 0 Å². The Morgan fingerprint density at radius 1 is 1.14 bits per heavy atom. The second kappa shape index (κ2) is 5.88. The van der Waals surface area contributed by atoms with Crippen molar-refractivity contribution in [3.8, 4) is 0 Å². The van der Waals surface area contributed by atoms with Crippen LogP contribution in [0.5, 0.6) is 0 Å². The average Bonchev–Trinajstić information content (AvgIpc) is 2.44. The molecule has 0 aliphatic carbocycles. The molecule has 2 aromatic rings. The third kappa shape index (κ3) is 3.44. The third-order valence-corrected chi connectivity index (χ3v) is 4.14. The molecular formula is C19H24O2. The highest BCUT2D eigenvalue weighted by Crippen LogP contribution is 2.30. The minimum atomic E-state index is -0.602. The van der Waals surface area contributed by atoms with Crippen molar-refractivity contribution in [2.24, 2.45) is 0 Å². The molecule has 0 heterocycles. The first-order valence-corrected chi connectivity index (χ1v) is 7.57. The van der Waals surface area contributed by atoms with Crippen molar-refractivity contribution < 1.29 is 9.53 Å². The van der Waals surface area contributed by atoms with Crippen LogP contribution in [0.4, 0.5) is 0 Å². The molecule has 2 nitrogen and oxygen atoms in total. The molecular weight excluding hydrogens is 260 g/mol. The zero-order chi connectivity index (χ0) is 15.6. The first kappa shape index (κ1) is 15.6. The molecule has 0 aliphatic heterocycles. The second-order valence-electron chi connectivity index (χ2n) is 6.23. The van der Waals surface area contributed by atoms with Crippen molar-refractivity contribution in [1.82, 2.24) is 0 Å². The molecule has 0 bridgehead atoms. The summed E-state index contributed by atoms with van der Waals surface area (Å²) in [4.78, 5) is 11.2. The number of hydrogen-bond acceptors (Lipinski definition) is 2. The summed E-state index contributed by atoms with van der Waals surface area (Å²) in [7, 11) is 0. The average molecular weight is 284 g/mol. The standard InChI is InChI=1S/C19H24O2/c1-6-13(2)15-7-8-17-12-18(10-9-16(17)11-15)19(4,5)21-14(3)20/h7-13H,6H2,1-5H3. The number of esters is 1. The predicted molar refractivity (Wildman–Crippen MR) is 87.4 cm³/mol. The molecule has 0 aromatic heterocycles. The topological polar surface area (TPSA) is 26.3 Å². The normalized spacial score (nSPS) is 13.2. The molecule has 0 spiro atoms. The Bertz CT molecular complexity index is 656. The maximum absolute atomic E-state index is 11.2. The lowest BCUT2D eigenvalue weighted by atomic mass is 9.92. The van der Waals surface area contributed by atoms with E-state index in [-0.39, 0.29) is 5.97 Å². The zero-order valence-corrected chi connectivity index (χ0v) is 13.6. The van der Waals surface area contributed by atoms with Gasteiger partial charge in [0.15, 0.2) is 0 Å². The van der Waals surface area contributed by atoms with Crippen molar-refractivity contribution in [1.29, 1.82) is 0 Å². The van der Waals surface area contributed by atoms with Gasteiger partial charge < -0.3 is 4.74 Å². The van der Waals surface area contributed by atoms with E-state index in [0.717, 1.165) is 12.0 Å². The van der Waals surface area contributed by atoms with Gasteiger partial charge in [-0.3, -0.25) is 4.79 Å². The first-order chi connectivity index (χ1) is 9.83. The summed E-state index contributed by atoms with van der Waals surface area (Å²) < 4.78 is 5.41. The SMILES string of the molecule is CCC(C)c1ccc2cc(C(C)(C)OC(C)=O)ccc2c1. The predicted octanol–water partition coefficient (Wildman–Crippen LogP) is 5.15. The van der Waals surface area contributed by atoms with Crippen molar-refractivity contribution in [2.45, 2.75) is 52.6 Å². The molecule has 2 heteroatoms. The van der Waals surface area contributed by atoms with E-state index in [4.69, 9.17) is 4.74 Å². The van der Waals surface area contributed by atoms with Crippen LogP contribution in [0.25, 0.3) is 10.8 Å². The summed E-state index contributed by atoms with van der Waals surface area (Å²) in [5.41, 5.74) is 1.79. The molecule has 0 saturated heterocycles. The third-order valence-electron chi connectivity index (χ3n) is 4.14. The van der Waals surface area contributed by atoms with Gasteiger partial charge in [-0.15, -0.1) is 0 Å². The molecule has 0 fully saturated rings. The number of ether oxygens (including phenoxy) is 1. The Kier molecular flexibility index (Phi) is 4.36. The second-order valence-corrected chi connectivity index (χ2v) is 6.23. The summed E-state index contributed by atoms with van der Waals surface area (Å²) in [6.45, 7) is 9.74. The number of hydrogen-bond donors (Lipinski definition) is 0. The minimum Gasteiger partial charge on any atom is -0.455 e. The smallest absolute Gasteiger partial charge is 0.303 e. The Morgan fingerprint density at radius 2 is 1.76 bits per heavy atom. The summed E-state index contributed by atoms with van der Waals surface area (Å²) in [6, 6.07) is 12.9. The van der Waals surface area contributed by atoms with Gasteiger partial charge in [-0.25, -0.2) is 0 Å². The zero-order valence-electron chi connectivity index (χ0n) is 13.6. The molecule has 0 amide bonds. The van der Waals surface area contributed by atoms with Crippen molar-refractivity contribution in [3.05, 3.63) is 47.5 Å². The monoisotopic (exact) mass is 284 g/mol. The number of rotatable bonds is 4. The van der Waals surface area contributed by atoms with Gasteiger partial charge in [0, 0.05) is 6.92 Å². The van der Waals surface area contributed by atoms with Gasteiger partial charge in [0.25, 0.3) is 0 Å². The maximum Gasteiger partial charge on any atom is 0.303 e. The molecule has 0 radical (unpaired) electrons. The number of fused-ring (bicyclic) bond motifs is 1. The summed E-state index contributed by atoms with van der Waals surface area (Å²) in [5.74, 6) is 0.318. The number of carbonyl (C=O) groups excluding carboxylic acids is 1. The quantitative estimate of drug-likeness (QED) is 0.726. The highest BCUT2D eigenvalue weighted by molar-refractivity contribution is 5.84. The molecule has 2 rings (SSSR count). The summed E-state index contributed by atoms with van der Waals surface area (Å²) in [6.07, 6.45) is 1.14. The van der Waals surface area contributed by atoms with Crippen LogP contribution in [0.3, 0.4) is 0 Å². The Balaban J connectivity index is 2.41. The molecule has 0 N–H and O–H groups in total. The van der Waals surface area contributed by atoms with Gasteiger partial charge in [0.1, 0.15) is 5.60 Å². The lowest BCUT2D eigenvalue weighted by molar-refractivity contribution is -0.154. The fourth-order valence-electron chi connectivity index (χ4n) is 2.60. The van der Waals surface area contributed by atoms with Crippen LogP contribution in [-0.2, 0) is 15.1 Å². The van der Waals surface area contributed by atoms with Crippen LogP contribution in [0, 0.1) is 0 Å². The van der Waals surface area contributed by atoms with Crippen LogP contribution in [0.1, 0.15) is 58.1 Å². The lowest BCUT2D eigenvalue weighted by Crippen LogP contribution is -2.24. The van der Waals surface area contributed by atoms with Gasteiger partial charge >= 0.3 is 5.97 Å². The van der Waals surface area contributed by atoms with Crippen LogP contribution in [0.15, 0.2) is 36.4 Å². The van der Waals surface area contributed by atoms with Crippen LogP contribution >= 0.6 is 0 Å². The maximum atomic E-state index is 11.2. The first-order valence-electron chi connectivity index (χ1n) is 7.57. The molecule has 21 heavy (non-hydrogen) atoms. The largest absolute Gasteiger partial charge is 0.455 e. The molecule has 112 valence electrons. The molecule has 1 unspecified atom stereocenters. The summed E-state index contributed by atoms with van der Waals surface area (Å²) >= 11 is 0. The Hall–Kier alpha value is -1.83. The van der Waals surface area contributed by atoms with E-state index in [9.17, 15) is 4.79 Å². The van der Waals surface area contributed by atoms with Crippen LogP contribution < -0.4 is 0 Å². The molecule has 1 atom stereocenters. The fraction of sp³-hybridized carbons (Fsp3) is 0.421.